The summed E-state index contributed by atoms with van der Waals surface area (Å²) in [6, 6.07) is 5.81. The number of carbonyl (C=O) groups excluding carboxylic acids is 3. The molecule has 1 aliphatic rings. The number of likely N-dealkylation sites (tertiary alicyclic amines) is 1. The van der Waals surface area contributed by atoms with Gasteiger partial charge in [0.2, 0.25) is 17.7 Å². The number of hydrogen-bond acceptors (Lipinski definition) is 3. The molecule has 106 valence electrons. The molecule has 5 nitrogen and oxygen atoms in total. The number of nitrogens with zero attached hydrogens (tertiary/aromatic N) is 1. The molecule has 20 heavy (non-hydrogen) atoms. The number of aryl methyl sites for hydroxylation is 2. The lowest BCUT2D eigenvalue weighted by Crippen LogP contribution is -2.37. The molecule has 2 rings (SSSR count). The highest BCUT2D eigenvalue weighted by atomic mass is 16.2. The Morgan fingerprint density at radius 3 is 2.50 bits per heavy atom. The van der Waals surface area contributed by atoms with Gasteiger partial charge >= 0.3 is 0 Å². The normalized spacial score (nSPS) is 14.8. The highest BCUT2D eigenvalue weighted by Gasteiger charge is 2.30. The maximum absolute atomic E-state index is 12.0. The third kappa shape index (κ3) is 2.87. The van der Waals surface area contributed by atoms with Crippen molar-refractivity contribution in [2.75, 3.05) is 11.9 Å². The lowest BCUT2D eigenvalue weighted by molar-refractivity contribution is -0.141. The number of benzene rings is 1. The summed E-state index contributed by atoms with van der Waals surface area (Å²) < 4.78 is 0. The van der Waals surface area contributed by atoms with Crippen LogP contribution in [0.5, 0.6) is 0 Å². The van der Waals surface area contributed by atoms with Gasteiger partial charge in [0.25, 0.3) is 0 Å². The van der Waals surface area contributed by atoms with Crippen LogP contribution >= 0.6 is 0 Å². The third-order valence-corrected chi connectivity index (χ3v) is 3.46. The Labute approximate surface area is 118 Å². The van der Waals surface area contributed by atoms with Gasteiger partial charge in [0.05, 0.1) is 0 Å². The molecule has 0 spiro atoms. The van der Waals surface area contributed by atoms with Crippen molar-refractivity contribution in [1.29, 1.82) is 0 Å². The quantitative estimate of drug-likeness (QED) is 0.849. The van der Waals surface area contributed by atoms with Gasteiger partial charge in [0, 0.05) is 18.5 Å². The van der Waals surface area contributed by atoms with E-state index in [0.717, 1.165) is 28.1 Å². The average Bonchev–Trinajstić information content (AvgIpc) is 2.73. The zero-order valence-electron chi connectivity index (χ0n) is 11.7. The van der Waals surface area contributed by atoms with Crippen LogP contribution in [0.15, 0.2) is 18.2 Å². The van der Waals surface area contributed by atoms with E-state index in [4.69, 9.17) is 0 Å². The van der Waals surface area contributed by atoms with E-state index in [2.05, 4.69) is 5.32 Å². The van der Waals surface area contributed by atoms with Crippen molar-refractivity contribution < 1.29 is 14.4 Å². The van der Waals surface area contributed by atoms with Crippen LogP contribution in [0, 0.1) is 6.92 Å². The minimum absolute atomic E-state index is 0.199. The van der Waals surface area contributed by atoms with E-state index in [1.165, 1.54) is 0 Å². The topological polar surface area (TPSA) is 66.5 Å². The van der Waals surface area contributed by atoms with Crippen LogP contribution in [0.1, 0.15) is 30.9 Å². The zero-order valence-corrected chi connectivity index (χ0v) is 11.7. The Hall–Kier alpha value is -2.17. The Morgan fingerprint density at radius 2 is 1.90 bits per heavy atom. The first-order chi connectivity index (χ1) is 9.52. The number of nitrogens with one attached hydrogen (secondary N) is 1. The third-order valence-electron chi connectivity index (χ3n) is 3.46. The lowest BCUT2D eigenvalue weighted by atomic mass is 10.1. The number of hydrogen-bond donors (Lipinski definition) is 1. The Bertz CT molecular complexity index is 550. The molecule has 1 aliphatic heterocycles. The molecule has 0 atom stereocenters. The second-order valence-electron chi connectivity index (χ2n) is 4.88. The van der Waals surface area contributed by atoms with Crippen molar-refractivity contribution in [3.8, 4) is 0 Å². The van der Waals surface area contributed by atoms with E-state index in [1.54, 1.807) is 0 Å². The molecule has 1 saturated heterocycles. The van der Waals surface area contributed by atoms with Crippen LogP contribution in [0.4, 0.5) is 5.69 Å². The van der Waals surface area contributed by atoms with Crippen LogP contribution in [0.25, 0.3) is 0 Å². The molecule has 1 heterocycles. The van der Waals surface area contributed by atoms with Gasteiger partial charge in [-0.05, 0) is 24.5 Å². The highest BCUT2D eigenvalue weighted by Crippen LogP contribution is 2.21. The molecule has 0 saturated carbocycles. The maximum atomic E-state index is 12.0. The summed E-state index contributed by atoms with van der Waals surface area (Å²) in [5, 5.41) is 2.81. The van der Waals surface area contributed by atoms with Crippen molar-refractivity contribution in [1.82, 2.24) is 4.90 Å². The van der Waals surface area contributed by atoms with Crippen LogP contribution in [0.3, 0.4) is 0 Å². The summed E-state index contributed by atoms with van der Waals surface area (Å²) in [4.78, 5) is 36.0. The molecule has 1 aromatic rings. The number of amides is 3. The van der Waals surface area contributed by atoms with Crippen molar-refractivity contribution in [2.24, 2.45) is 0 Å². The van der Waals surface area contributed by atoms with E-state index >= 15 is 0 Å². The molecule has 3 amide bonds. The van der Waals surface area contributed by atoms with E-state index in [1.807, 2.05) is 32.0 Å². The summed E-state index contributed by atoms with van der Waals surface area (Å²) in [7, 11) is 0. The SMILES string of the molecule is CCc1cccc(C)c1NC(=O)CN1C(=O)CCC1=O. The molecule has 0 aromatic heterocycles. The average molecular weight is 274 g/mol. The van der Waals surface area contributed by atoms with Crippen molar-refractivity contribution in [3.63, 3.8) is 0 Å². The summed E-state index contributed by atoms with van der Waals surface area (Å²) >= 11 is 0. The zero-order chi connectivity index (χ0) is 14.7. The van der Waals surface area contributed by atoms with Gasteiger partial charge in [0.1, 0.15) is 6.54 Å². The number of para-hydroxylation sites is 1. The van der Waals surface area contributed by atoms with Gasteiger partial charge < -0.3 is 5.32 Å². The summed E-state index contributed by atoms with van der Waals surface area (Å²) in [6.45, 7) is 3.73. The fourth-order valence-corrected chi connectivity index (χ4v) is 2.32. The molecular weight excluding hydrogens is 256 g/mol. The summed E-state index contributed by atoms with van der Waals surface area (Å²) in [6.07, 6.45) is 1.21. The largest absolute Gasteiger partial charge is 0.324 e. The molecule has 0 unspecified atom stereocenters. The van der Waals surface area contributed by atoms with Crippen LogP contribution < -0.4 is 5.32 Å². The number of imide groups is 1. The molecule has 0 radical (unpaired) electrons. The molecule has 0 aliphatic carbocycles. The van der Waals surface area contributed by atoms with Gasteiger partial charge in [-0.25, -0.2) is 0 Å². The van der Waals surface area contributed by atoms with Crippen LogP contribution in [-0.2, 0) is 20.8 Å². The lowest BCUT2D eigenvalue weighted by Gasteiger charge is -2.16. The Balaban J connectivity index is 2.09. The maximum Gasteiger partial charge on any atom is 0.244 e. The first-order valence-electron chi connectivity index (χ1n) is 6.74. The Morgan fingerprint density at radius 1 is 1.25 bits per heavy atom. The van der Waals surface area contributed by atoms with Gasteiger partial charge in [-0.2, -0.15) is 0 Å². The first-order valence-corrected chi connectivity index (χ1v) is 6.74. The van der Waals surface area contributed by atoms with E-state index in [0.29, 0.717) is 0 Å². The summed E-state index contributed by atoms with van der Waals surface area (Å²) in [5.74, 6) is -0.881. The number of anilines is 1. The van der Waals surface area contributed by atoms with Gasteiger partial charge in [-0.1, -0.05) is 25.1 Å². The minimum Gasteiger partial charge on any atom is -0.324 e. The fourth-order valence-electron chi connectivity index (χ4n) is 2.32. The van der Waals surface area contributed by atoms with E-state index < -0.39 is 0 Å². The molecule has 0 bridgehead atoms. The smallest absolute Gasteiger partial charge is 0.244 e. The van der Waals surface area contributed by atoms with Gasteiger partial charge in [0.15, 0.2) is 0 Å². The second kappa shape index (κ2) is 5.86. The highest BCUT2D eigenvalue weighted by molar-refractivity contribution is 6.06. The van der Waals surface area contributed by atoms with Gasteiger partial charge in [-0.15, -0.1) is 0 Å². The molecular formula is C15H18N2O3. The van der Waals surface area contributed by atoms with Crippen LogP contribution in [-0.4, -0.2) is 29.2 Å². The number of carbonyl (C=O) groups is 3. The monoisotopic (exact) mass is 274 g/mol. The molecule has 1 fully saturated rings. The van der Waals surface area contributed by atoms with Crippen molar-refractivity contribution >= 4 is 23.4 Å². The second-order valence-corrected chi connectivity index (χ2v) is 4.88. The first kappa shape index (κ1) is 14.2. The van der Waals surface area contributed by atoms with Crippen LogP contribution in [0.2, 0.25) is 0 Å². The van der Waals surface area contributed by atoms with Crippen molar-refractivity contribution in [3.05, 3.63) is 29.3 Å². The molecule has 1 aromatic carbocycles. The van der Waals surface area contributed by atoms with Gasteiger partial charge in [-0.3, -0.25) is 19.3 Å². The fraction of sp³-hybridized carbons (Fsp3) is 0.400. The van der Waals surface area contributed by atoms with E-state index in [-0.39, 0.29) is 37.1 Å². The molecule has 5 heteroatoms. The predicted molar refractivity (Wildman–Crippen MR) is 75.1 cm³/mol. The number of rotatable bonds is 4. The predicted octanol–water partition coefficient (Wildman–Crippen LogP) is 1.64. The Kier molecular flexibility index (Phi) is 4.17. The van der Waals surface area contributed by atoms with Crippen molar-refractivity contribution in [2.45, 2.75) is 33.1 Å². The minimum atomic E-state index is -0.336. The standard InChI is InChI=1S/C15H18N2O3/c1-3-11-6-4-5-10(2)15(11)16-12(18)9-17-13(19)7-8-14(17)20/h4-6H,3,7-9H2,1-2H3,(H,16,18). The van der Waals surface area contributed by atoms with E-state index in [9.17, 15) is 14.4 Å². The summed E-state index contributed by atoms with van der Waals surface area (Å²) in [5.41, 5.74) is 2.79. The molecule has 1 N–H and O–H groups in total.